The molecule has 0 saturated heterocycles. The van der Waals surface area contributed by atoms with E-state index in [0.717, 1.165) is 30.4 Å². The fraction of sp³-hybridized carbons (Fsp3) is 0.474. The van der Waals surface area contributed by atoms with Crippen molar-refractivity contribution in [1.82, 2.24) is 10.2 Å². The Morgan fingerprint density at radius 3 is 3.00 bits per heavy atom. The minimum absolute atomic E-state index is 0.0201. The van der Waals surface area contributed by atoms with Gasteiger partial charge in [0.05, 0.1) is 18.7 Å². The van der Waals surface area contributed by atoms with Crippen LogP contribution in [0.5, 0.6) is 0 Å². The second-order valence-electron chi connectivity index (χ2n) is 6.58. The van der Waals surface area contributed by atoms with Crippen LogP contribution in [0.4, 0.5) is 0 Å². The van der Waals surface area contributed by atoms with Crippen LogP contribution in [0.1, 0.15) is 36.9 Å². The Hall–Kier alpha value is -1.69. The van der Waals surface area contributed by atoms with Crippen molar-refractivity contribution < 1.29 is 9.90 Å². The van der Waals surface area contributed by atoms with Gasteiger partial charge in [0.1, 0.15) is 5.16 Å². The van der Waals surface area contributed by atoms with Crippen molar-refractivity contribution in [2.45, 2.75) is 38.3 Å². The van der Waals surface area contributed by atoms with Gasteiger partial charge >= 0.3 is 0 Å². The summed E-state index contributed by atoms with van der Waals surface area (Å²) in [7, 11) is 0. The molecule has 2 aliphatic heterocycles. The lowest BCUT2D eigenvalue weighted by Crippen LogP contribution is -2.45. The van der Waals surface area contributed by atoms with Crippen molar-refractivity contribution in [2.75, 3.05) is 19.6 Å². The molecule has 3 rings (SSSR count). The maximum absolute atomic E-state index is 12.8. The molecule has 2 atom stereocenters. The van der Waals surface area contributed by atoms with Gasteiger partial charge in [-0.25, -0.2) is 4.99 Å². The Morgan fingerprint density at radius 1 is 1.44 bits per heavy atom. The van der Waals surface area contributed by atoms with E-state index in [-0.39, 0.29) is 18.5 Å². The minimum atomic E-state index is -0.476. The molecule has 25 heavy (non-hydrogen) atoms. The first-order chi connectivity index (χ1) is 12.1. The normalized spacial score (nSPS) is 21.2. The summed E-state index contributed by atoms with van der Waals surface area (Å²) in [5.74, 6) is 0.0201. The van der Waals surface area contributed by atoms with E-state index in [1.54, 1.807) is 6.92 Å². The van der Waals surface area contributed by atoms with Crippen molar-refractivity contribution >= 4 is 23.7 Å². The lowest BCUT2D eigenvalue weighted by atomic mass is 9.86. The van der Waals surface area contributed by atoms with E-state index in [4.69, 9.17) is 11.6 Å². The van der Waals surface area contributed by atoms with Gasteiger partial charge in [0, 0.05) is 19.3 Å². The number of benzene rings is 1. The van der Waals surface area contributed by atoms with Gasteiger partial charge in [-0.05, 0) is 42.9 Å². The molecular formula is C19H24ClN3O2. The van der Waals surface area contributed by atoms with Crippen LogP contribution in [0.15, 0.2) is 40.0 Å². The number of fused-ring (bicyclic) bond motifs is 1. The van der Waals surface area contributed by atoms with E-state index < -0.39 is 6.10 Å². The van der Waals surface area contributed by atoms with Crippen LogP contribution >= 0.6 is 11.6 Å². The first kappa shape index (κ1) is 18.1. The third kappa shape index (κ3) is 4.11. The molecule has 0 bridgehead atoms. The van der Waals surface area contributed by atoms with Gasteiger partial charge in [-0.1, -0.05) is 35.9 Å². The van der Waals surface area contributed by atoms with Crippen LogP contribution in [0.25, 0.3) is 0 Å². The zero-order valence-electron chi connectivity index (χ0n) is 14.4. The van der Waals surface area contributed by atoms with Gasteiger partial charge in [-0.15, -0.1) is 0 Å². The monoisotopic (exact) mass is 361 g/mol. The average molecular weight is 362 g/mol. The van der Waals surface area contributed by atoms with Crippen molar-refractivity contribution in [2.24, 2.45) is 4.99 Å². The van der Waals surface area contributed by atoms with Crippen LogP contribution in [-0.2, 0) is 11.2 Å². The number of rotatable bonds is 5. The highest BCUT2D eigenvalue weighted by atomic mass is 35.5. The molecule has 0 aliphatic carbocycles. The predicted molar refractivity (Wildman–Crippen MR) is 99.8 cm³/mol. The summed E-state index contributed by atoms with van der Waals surface area (Å²) in [6.07, 6.45) is 3.84. The highest BCUT2D eigenvalue weighted by Gasteiger charge is 2.34. The molecule has 5 nitrogen and oxygen atoms in total. The number of aliphatic hydroxyl groups is 1. The van der Waals surface area contributed by atoms with E-state index in [0.29, 0.717) is 18.2 Å². The molecule has 0 saturated carbocycles. The number of hydrogen-bond donors (Lipinski definition) is 2. The number of aliphatic imine (C=N–C) groups is 1. The van der Waals surface area contributed by atoms with Crippen LogP contribution in [-0.4, -0.2) is 47.9 Å². The third-order valence-corrected chi connectivity index (χ3v) is 5.00. The summed E-state index contributed by atoms with van der Waals surface area (Å²) in [4.78, 5) is 19.0. The fourth-order valence-corrected chi connectivity index (χ4v) is 3.77. The summed E-state index contributed by atoms with van der Waals surface area (Å²) in [5.41, 5.74) is 3.42. The van der Waals surface area contributed by atoms with E-state index in [1.165, 1.54) is 5.56 Å². The Bertz CT molecular complexity index is 700. The van der Waals surface area contributed by atoms with Crippen molar-refractivity contribution in [1.29, 1.82) is 0 Å². The summed E-state index contributed by atoms with van der Waals surface area (Å²) in [5, 5.41) is 12.9. The first-order valence-corrected chi connectivity index (χ1v) is 9.13. The van der Waals surface area contributed by atoms with Crippen LogP contribution in [0, 0.1) is 0 Å². The lowest BCUT2D eigenvalue weighted by Gasteiger charge is -2.39. The second-order valence-corrected chi connectivity index (χ2v) is 6.94. The standard InChI is InChI=1S/C19H24ClN3O2/c1-13(24)11-21-12-17(25)23-10-8-14-5-2-3-6-15(14)18(23)16-7-4-9-22-19(16)20/h2-3,5-6,9,13,18,21,24H,4,7-8,10-12H2,1H3/t13-,18?/m1/s1. The smallest absolute Gasteiger partial charge is 0.237 e. The Labute approximate surface area is 153 Å². The number of aliphatic hydroxyl groups excluding tert-OH is 1. The largest absolute Gasteiger partial charge is 0.392 e. The summed E-state index contributed by atoms with van der Waals surface area (Å²) in [6.45, 7) is 2.96. The Kier molecular flexibility index (Phi) is 5.89. The second kappa shape index (κ2) is 8.13. The van der Waals surface area contributed by atoms with Gasteiger partial charge in [0.15, 0.2) is 0 Å². The molecule has 1 amide bonds. The Morgan fingerprint density at radius 2 is 2.24 bits per heavy atom. The minimum Gasteiger partial charge on any atom is -0.392 e. The molecule has 0 radical (unpaired) electrons. The van der Waals surface area contributed by atoms with Crippen LogP contribution in [0.3, 0.4) is 0 Å². The van der Waals surface area contributed by atoms with Gasteiger partial charge in [0.2, 0.25) is 5.91 Å². The van der Waals surface area contributed by atoms with Crippen LogP contribution in [0.2, 0.25) is 0 Å². The van der Waals surface area contributed by atoms with Crippen molar-refractivity contribution in [3.05, 3.63) is 46.1 Å². The summed E-state index contributed by atoms with van der Waals surface area (Å²) in [6, 6.07) is 8.09. The molecule has 1 aromatic rings. The number of nitrogens with zero attached hydrogens (tertiary/aromatic N) is 2. The molecule has 1 unspecified atom stereocenters. The van der Waals surface area contributed by atoms with E-state index in [9.17, 15) is 9.90 Å². The molecule has 0 spiro atoms. The number of hydrogen-bond acceptors (Lipinski definition) is 4. The van der Waals surface area contributed by atoms with E-state index in [1.807, 2.05) is 23.2 Å². The molecule has 0 fully saturated rings. The molecule has 2 aliphatic rings. The SMILES string of the molecule is C[C@@H](O)CNCC(=O)N1CCc2ccccc2C1C1=C(Cl)N=CCC1. The van der Waals surface area contributed by atoms with Crippen LogP contribution < -0.4 is 5.32 Å². The molecular weight excluding hydrogens is 338 g/mol. The van der Waals surface area contributed by atoms with E-state index in [2.05, 4.69) is 22.4 Å². The fourth-order valence-electron chi connectivity index (χ4n) is 3.50. The van der Waals surface area contributed by atoms with E-state index >= 15 is 0 Å². The van der Waals surface area contributed by atoms with Gasteiger partial charge in [-0.3, -0.25) is 4.79 Å². The summed E-state index contributed by atoms with van der Waals surface area (Å²) >= 11 is 6.39. The average Bonchev–Trinajstić information content (AvgIpc) is 2.61. The highest BCUT2D eigenvalue weighted by Crippen LogP contribution is 2.40. The molecule has 134 valence electrons. The predicted octanol–water partition coefficient (Wildman–Crippen LogP) is 2.40. The zero-order valence-corrected chi connectivity index (χ0v) is 15.2. The highest BCUT2D eigenvalue weighted by molar-refractivity contribution is 6.30. The maximum atomic E-state index is 12.8. The quantitative estimate of drug-likeness (QED) is 0.791. The number of carbonyl (C=O) groups is 1. The van der Waals surface area contributed by atoms with Gasteiger partial charge in [0.25, 0.3) is 0 Å². The van der Waals surface area contributed by atoms with Gasteiger partial charge < -0.3 is 15.3 Å². The first-order valence-electron chi connectivity index (χ1n) is 8.75. The molecule has 1 aromatic carbocycles. The molecule has 0 aromatic heterocycles. The van der Waals surface area contributed by atoms with Crippen molar-refractivity contribution in [3.63, 3.8) is 0 Å². The zero-order chi connectivity index (χ0) is 17.8. The number of carbonyl (C=O) groups excluding carboxylic acids is 1. The third-order valence-electron chi connectivity index (χ3n) is 4.66. The maximum Gasteiger partial charge on any atom is 0.237 e. The number of nitrogens with one attached hydrogen (secondary N) is 1. The Balaban J connectivity index is 1.89. The molecule has 2 N–H and O–H groups in total. The van der Waals surface area contributed by atoms with Gasteiger partial charge in [-0.2, -0.15) is 0 Å². The lowest BCUT2D eigenvalue weighted by molar-refractivity contribution is -0.132. The summed E-state index contributed by atoms with van der Waals surface area (Å²) < 4.78 is 0. The molecule has 6 heteroatoms. The molecule has 2 heterocycles. The number of halogens is 1. The topological polar surface area (TPSA) is 64.9 Å². The van der Waals surface area contributed by atoms with Crippen molar-refractivity contribution in [3.8, 4) is 0 Å². The number of amides is 1.